The zero-order valence-corrected chi connectivity index (χ0v) is 13.1. The maximum atomic E-state index is 9.48. The molecule has 0 spiro atoms. The summed E-state index contributed by atoms with van der Waals surface area (Å²) >= 11 is 0. The van der Waals surface area contributed by atoms with Crippen molar-refractivity contribution in [2.45, 2.75) is 32.4 Å². The summed E-state index contributed by atoms with van der Waals surface area (Å²) in [7, 11) is 2.14. The smallest absolute Gasteiger partial charge is 0.225 e. The SMILES string of the molecule is CCC(O)CCNCc1cnc(N2CCN(C)CC2)nc1. The number of likely N-dealkylation sites (N-methyl/N-ethyl adjacent to an activating group) is 1. The second kappa shape index (κ2) is 8.26. The molecule has 0 bridgehead atoms. The molecule has 2 N–H and O–H groups in total. The molecule has 0 radical (unpaired) electrons. The fourth-order valence-electron chi connectivity index (χ4n) is 2.31. The number of hydrogen-bond donors (Lipinski definition) is 2. The number of aromatic nitrogens is 2. The van der Waals surface area contributed by atoms with Crippen LogP contribution in [0.4, 0.5) is 5.95 Å². The standard InChI is InChI=1S/C15H27N5O/c1-3-14(21)4-5-16-10-13-11-17-15(18-12-13)20-8-6-19(2)7-9-20/h11-12,14,16,21H,3-10H2,1-2H3. The van der Waals surface area contributed by atoms with E-state index >= 15 is 0 Å². The second-order valence-corrected chi connectivity index (χ2v) is 5.71. The minimum absolute atomic E-state index is 0.201. The van der Waals surface area contributed by atoms with Gasteiger partial charge in [-0.25, -0.2) is 9.97 Å². The molecule has 6 heteroatoms. The van der Waals surface area contributed by atoms with Gasteiger partial charge in [-0.3, -0.25) is 0 Å². The number of rotatable bonds is 7. The van der Waals surface area contributed by atoms with Crippen LogP contribution in [-0.4, -0.2) is 65.8 Å². The number of piperazine rings is 1. The molecule has 1 atom stereocenters. The lowest BCUT2D eigenvalue weighted by molar-refractivity contribution is 0.159. The minimum Gasteiger partial charge on any atom is -0.393 e. The molecule has 0 saturated carbocycles. The van der Waals surface area contributed by atoms with Crippen LogP contribution in [0.15, 0.2) is 12.4 Å². The first-order valence-corrected chi connectivity index (χ1v) is 7.82. The molecular formula is C15H27N5O. The third kappa shape index (κ3) is 5.22. The minimum atomic E-state index is -0.201. The largest absolute Gasteiger partial charge is 0.393 e. The molecule has 2 rings (SSSR count). The third-order valence-corrected chi connectivity index (χ3v) is 3.93. The van der Waals surface area contributed by atoms with Crippen LogP contribution in [0.3, 0.4) is 0 Å². The first kappa shape index (κ1) is 16.1. The van der Waals surface area contributed by atoms with Crippen molar-refractivity contribution in [3.63, 3.8) is 0 Å². The molecule has 0 aromatic carbocycles. The maximum Gasteiger partial charge on any atom is 0.225 e. The van der Waals surface area contributed by atoms with E-state index in [-0.39, 0.29) is 6.10 Å². The molecule has 1 fully saturated rings. The lowest BCUT2D eigenvalue weighted by atomic mass is 10.2. The highest BCUT2D eigenvalue weighted by atomic mass is 16.3. The molecule has 0 amide bonds. The van der Waals surface area contributed by atoms with Gasteiger partial charge >= 0.3 is 0 Å². The Morgan fingerprint density at radius 3 is 2.52 bits per heavy atom. The topological polar surface area (TPSA) is 64.5 Å². The van der Waals surface area contributed by atoms with E-state index in [1.807, 2.05) is 19.3 Å². The lowest BCUT2D eigenvalue weighted by Crippen LogP contribution is -2.45. The summed E-state index contributed by atoms with van der Waals surface area (Å²) in [6, 6.07) is 0. The van der Waals surface area contributed by atoms with Crippen LogP contribution in [0.2, 0.25) is 0 Å². The Morgan fingerprint density at radius 1 is 1.24 bits per heavy atom. The summed E-state index contributed by atoms with van der Waals surface area (Å²) in [5.41, 5.74) is 1.08. The molecule has 1 unspecified atom stereocenters. The molecule has 21 heavy (non-hydrogen) atoms. The van der Waals surface area contributed by atoms with Crippen LogP contribution in [-0.2, 0) is 6.54 Å². The summed E-state index contributed by atoms with van der Waals surface area (Å²) < 4.78 is 0. The summed E-state index contributed by atoms with van der Waals surface area (Å²) in [4.78, 5) is 13.5. The third-order valence-electron chi connectivity index (χ3n) is 3.93. The van der Waals surface area contributed by atoms with Crippen molar-refractivity contribution in [1.82, 2.24) is 20.2 Å². The quantitative estimate of drug-likeness (QED) is 0.713. The van der Waals surface area contributed by atoms with Crippen LogP contribution in [0.5, 0.6) is 0 Å². The van der Waals surface area contributed by atoms with Crippen molar-refractivity contribution in [3.8, 4) is 0 Å². The van der Waals surface area contributed by atoms with Crippen molar-refractivity contribution in [3.05, 3.63) is 18.0 Å². The van der Waals surface area contributed by atoms with Gasteiger partial charge in [0.05, 0.1) is 6.10 Å². The van der Waals surface area contributed by atoms with Crippen molar-refractivity contribution in [2.24, 2.45) is 0 Å². The summed E-state index contributed by atoms with van der Waals surface area (Å²) in [6.07, 6.45) is 5.18. The van der Waals surface area contributed by atoms with Gasteiger partial charge in [0, 0.05) is 50.7 Å². The molecule has 1 aliphatic heterocycles. The number of anilines is 1. The second-order valence-electron chi connectivity index (χ2n) is 5.71. The van der Waals surface area contributed by atoms with E-state index in [0.717, 1.165) is 63.6 Å². The highest BCUT2D eigenvalue weighted by Gasteiger charge is 2.15. The van der Waals surface area contributed by atoms with E-state index in [0.29, 0.717) is 0 Å². The van der Waals surface area contributed by atoms with Gasteiger partial charge in [-0.05, 0) is 26.4 Å². The van der Waals surface area contributed by atoms with Crippen LogP contribution in [0, 0.1) is 0 Å². The number of nitrogens with one attached hydrogen (secondary N) is 1. The normalized spacial score (nSPS) is 18.0. The van der Waals surface area contributed by atoms with Gasteiger partial charge in [0.25, 0.3) is 0 Å². The monoisotopic (exact) mass is 293 g/mol. The van der Waals surface area contributed by atoms with Crippen LogP contribution >= 0.6 is 0 Å². The van der Waals surface area contributed by atoms with Crippen molar-refractivity contribution in [2.75, 3.05) is 44.7 Å². The zero-order valence-electron chi connectivity index (χ0n) is 13.1. The number of aliphatic hydroxyl groups excluding tert-OH is 1. The Kier molecular flexibility index (Phi) is 6.35. The van der Waals surface area contributed by atoms with E-state index in [1.165, 1.54) is 0 Å². The van der Waals surface area contributed by atoms with E-state index in [2.05, 4.69) is 32.1 Å². The molecule has 1 aliphatic rings. The summed E-state index contributed by atoms with van der Waals surface area (Å²) in [5, 5.41) is 12.8. The fourth-order valence-corrected chi connectivity index (χ4v) is 2.31. The first-order chi connectivity index (χ1) is 10.2. The Morgan fingerprint density at radius 2 is 1.90 bits per heavy atom. The highest BCUT2D eigenvalue weighted by molar-refractivity contribution is 5.30. The van der Waals surface area contributed by atoms with E-state index in [1.54, 1.807) is 0 Å². The predicted molar refractivity (Wildman–Crippen MR) is 84.4 cm³/mol. The van der Waals surface area contributed by atoms with Gasteiger partial charge < -0.3 is 20.2 Å². The van der Waals surface area contributed by atoms with Gasteiger partial charge in [0.15, 0.2) is 0 Å². The zero-order chi connectivity index (χ0) is 15.1. The number of hydrogen-bond acceptors (Lipinski definition) is 6. The number of aliphatic hydroxyl groups is 1. The van der Waals surface area contributed by atoms with Crippen molar-refractivity contribution in [1.29, 1.82) is 0 Å². The molecule has 6 nitrogen and oxygen atoms in total. The number of nitrogens with zero attached hydrogens (tertiary/aromatic N) is 4. The van der Waals surface area contributed by atoms with E-state index in [9.17, 15) is 5.11 Å². The van der Waals surface area contributed by atoms with Gasteiger partial charge in [0.1, 0.15) is 0 Å². The fraction of sp³-hybridized carbons (Fsp3) is 0.733. The van der Waals surface area contributed by atoms with Crippen molar-refractivity contribution >= 4 is 5.95 Å². The molecule has 118 valence electrons. The van der Waals surface area contributed by atoms with Crippen LogP contribution < -0.4 is 10.2 Å². The van der Waals surface area contributed by atoms with E-state index < -0.39 is 0 Å². The Balaban J connectivity index is 1.74. The van der Waals surface area contributed by atoms with Gasteiger partial charge in [-0.1, -0.05) is 6.92 Å². The predicted octanol–water partition coefficient (Wildman–Crippen LogP) is 0.479. The molecule has 1 saturated heterocycles. The molecule has 1 aromatic heterocycles. The Hall–Kier alpha value is -1.24. The summed E-state index contributed by atoms with van der Waals surface area (Å²) in [6.45, 7) is 7.66. The average molecular weight is 293 g/mol. The maximum absolute atomic E-state index is 9.48. The Bertz CT molecular complexity index is 403. The lowest BCUT2D eigenvalue weighted by Gasteiger charge is -2.32. The van der Waals surface area contributed by atoms with Crippen LogP contribution in [0.1, 0.15) is 25.3 Å². The summed E-state index contributed by atoms with van der Waals surface area (Å²) in [5.74, 6) is 0.827. The van der Waals surface area contributed by atoms with Gasteiger partial charge in [-0.15, -0.1) is 0 Å². The Labute approximate surface area is 127 Å². The molecule has 2 heterocycles. The van der Waals surface area contributed by atoms with E-state index in [4.69, 9.17) is 0 Å². The van der Waals surface area contributed by atoms with Crippen molar-refractivity contribution < 1.29 is 5.11 Å². The van der Waals surface area contributed by atoms with Gasteiger partial charge in [-0.2, -0.15) is 0 Å². The average Bonchev–Trinajstić information content (AvgIpc) is 2.52. The first-order valence-electron chi connectivity index (χ1n) is 7.82. The molecule has 0 aliphatic carbocycles. The molecular weight excluding hydrogens is 266 g/mol. The van der Waals surface area contributed by atoms with Crippen LogP contribution in [0.25, 0.3) is 0 Å². The van der Waals surface area contributed by atoms with Gasteiger partial charge in [0.2, 0.25) is 5.95 Å². The highest BCUT2D eigenvalue weighted by Crippen LogP contribution is 2.10. The molecule has 1 aromatic rings.